The summed E-state index contributed by atoms with van der Waals surface area (Å²) in [5.74, 6) is 0. The summed E-state index contributed by atoms with van der Waals surface area (Å²) in [5.41, 5.74) is 1.65. The number of nitrogens with zero attached hydrogens (tertiary/aromatic N) is 1. The standard InChI is InChI=1S/C12H16N4O4/c17-11-12(18)15-10-6(5-13-7-1-2-7)3-8(16(19)20)4-9(10)14-11/h3-4,7,11-15,17-18H,1-2,5H2. The van der Waals surface area contributed by atoms with Gasteiger partial charge >= 0.3 is 0 Å². The van der Waals surface area contributed by atoms with Gasteiger partial charge in [0.2, 0.25) is 0 Å². The molecule has 1 aliphatic carbocycles. The predicted molar refractivity (Wildman–Crippen MR) is 72.2 cm³/mol. The van der Waals surface area contributed by atoms with E-state index in [9.17, 15) is 20.3 Å². The van der Waals surface area contributed by atoms with Gasteiger partial charge in [0.05, 0.1) is 16.3 Å². The van der Waals surface area contributed by atoms with Crippen molar-refractivity contribution in [2.24, 2.45) is 0 Å². The van der Waals surface area contributed by atoms with Gasteiger partial charge in [-0.05, 0) is 18.4 Å². The first kappa shape index (κ1) is 13.1. The molecule has 0 amide bonds. The summed E-state index contributed by atoms with van der Waals surface area (Å²) in [6.45, 7) is 0.478. The molecule has 0 spiro atoms. The molecule has 1 fully saturated rings. The molecule has 0 radical (unpaired) electrons. The Labute approximate surface area is 115 Å². The lowest BCUT2D eigenvalue weighted by Gasteiger charge is -2.31. The largest absolute Gasteiger partial charge is 0.369 e. The summed E-state index contributed by atoms with van der Waals surface area (Å²) in [5, 5.41) is 38.9. The average Bonchev–Trinajstić information content (AvgIpc) is 3.21. The lowest BCUT2D eigenvalue weighted by atomic mass is 10.1. The zero-order valence-corrected chi connectivity index (χ0v) is 10.7. The molecule has 8 nitrogen and oxygen atoms in total. The Morgan fingerprint density at radius 3 is 2.65 bits per heavy atom. The Balaban J connectivity index is 1.94. The van der Waals surface area contributed by atoms with Gasteiger partial charge in [0.25, 0.3) is 5.69 Å². The van der Waals surface area contributed by atoms with E-state index in [0.29, 0.717) is 29.5 Å². The van der Waals surface area contributed by atoms with E-state index in [-0.39, 0.29) is 5.69 Å². The number of nitrogens with one attached hydrogen (secondary N) is 3. The first-order chi connectivity index (χ1) is 9.54. The zero-order chi connectivity index (χ0) is 14.3. The van der Waals surface area contributed by atoms with Gasteiger partial charge in [0.15, 0.2) is 12.5 Å². The molecule has 2 atom stereocenters. The van der Waals surface area contributed by atoms with E-state index < -0.39 is 17.4 Å². The van der Waals surface area contributed by atoms with Crippen molar-refractivity contribution in [1.82, 2.24) is 5.32 Å². The first-order valence-electron chi connectivity index (χ1n) is 6.48. The number of aliphatic hydroxyl groups excluding tert-OH is 2. The fourth-order valence-corrected chi connectivity index (χ4v) is 2.22. The number of nitro groups is 1. The van der Waals surface area contributed by atoms with Crippen LogP contribution in [0.4, 0.5) is 17.1 Å². The highest BCUT2D eigenvalue weighted by Crippen LogP contribution is 2.35. The maximum atomic E-state index is 11.0. The summed E-state index contributed by atoms with van der Waals surface area (Å²) >= 11 is 0. The van der Waals surface area contributed by atoms with Crippen molar-refractivity contribution in [3.63, 3.8) is 0 Å². The van der Waals surface area contributed by atoms with Gasteiger partial charge in [-0.3, -0.25) is 10.1 Å². The van der Waals surface area contributed by atoms with Crippen LogP contribution in [0.25, 0.3) is 0 Å². The van der Waals surface area contributed by atoms with Crippen molar-refractivity contribution < 1.29 is 15.1 Å². The monoisotopic (exact) mass is 280 g/mol. The van der Waals surface area contributed by atoms with Crippen LogP contribution in [0.1, 0.15) is 18.4 Å². The molecule has 0 saturated heterocycles. The number of hydrogen-bond acceptors (Lipinski definition) is 7. The van der Waals surface area contributed by atoms with E-state index in [4.69, 9.17) is 0 Å². The Kier molecular flexibility index (Phi) is 3.20. The van der Waals surface area contributed by atoms with Crippen molar-refractivity contribution in [3.8, 4) is 0 Å². The van der Waals surface area contributed by atoms with E-state index in [1.165, 1.54) is 12.1 Å². The Bertz CT molecular complexity index is 547. The van der Waals surface area contributed by atoms with Crippen molar-refractivity contribution in [2.45, 2.75) is 37.9 Å². The van der Waals surface area contributed by atoms with Crippen molar-refractivity contribution in [1.29, 1.82) is 0 Å². The predicted octanol–water partition coefficient (Wildman–Crippen LogP) is 0.321. The number of fused-ring (bicyclic) bond motifs is 1. The van der Waals surface area contributed by atoms with Crippen molar-refractivity contribution >= 4 is 17.1 Å². The molecule has 0 aromatic heterocycles. The molecule has 20 heavy (non-hydrogen) atoms. The van der Waals surface area contributed by atoms with Gasteiger partial charge in [0.1, 0.15) is 0 Å². The highest BCUT2D eigenvalue weighted by Gasteiger charge is 2.28. The van der Waals surface area contributed by atoms with Gasteiger partial charge in [0, 0.05) is 24.7 Å². The van der Waals surface area contributed by atoms with E-state index in [0.717, 1.165) is 12.8 Å². The normalized spacial score (nSPS) is 24.5. The molecule has 3 rings (SSSR count). The molecule has 1 aromatic carbocycles. The third kappa shape index (κ3) is 2.53. The van der Waals surface area contributed by atoms with Crippen LogP contribution in [-0.2, 0) is 6.54 Å². The fraction of sp³-hybridized carbons (Fsp3) is 0.500. The SMILES string of the molecule is O=[N+]([O-])c1cc(CNC2CC2)c2c(c1)NC(O)C(O)N2. The first-order valence-corrected chi connectivity index (χ1v) is 6.48. The van der Waals surface area contributed by atoms with E-state index in [1.807, 2.05) is 0 Å². The molecule has 0 bridgehead atoms. The van der Waals surface area contributed by atoms with E-state index in [2.05, 4.69) is 16.0 Å². The van der Waals surface area contributed by atoms with Crippen LogP contribution in [0.2, 0.25) is 0 Å². The van der Waals surface area contributed by atoms with Crippen LogP contribution >= 0.6 is 0 Å². The minimum absolute atomic E-state index is 0.0470. The highest BCUT2D eigenvalue weighted by molar-refractivity contribution is 5.78. The van der Waals surface area contributed by atoms with Gasteiger partial charge in [-0.1, -0.05) is 0 Å². The molecule has 1 aliphatic heterocycles. The van der Waals surface area contributed by atoms with Gasteiger partial charge in [-0.15, -0.1) is 0 Å². The second-order valence-electron chi connectivity index (χ2n) is 5.12. The molecule has 5 N–H and O–H groups in total. The Morgan fingerprint density at radius 2 is 2.00 bits per heavy atom. The number of hydrogen-bond donors (Lipinski definition) is 5. The molecule has 108 valence electrons. The fourth-order valence-electron chi connectivity index (χ4n) is 2.22. The molecule has 8 heteroatoms. The number of nitro benzene ring substituents is 1. The summed E-state index contributed by atoms with van der Waals surface area (Å²) in [6, 6.07) is 3.29. The molecule has 1 saturated carbocycles. The van der Waals surface area contributed by atoms with Crippen LogP contribution in [-0.4, -0.2) is 33.6 Å². The minimum Gasteiger partial charge on any atom is -0.369 e. The van der Waals surface area contributed by atoms with Gasteiger partial charge < -0.3 is 26.2 Å². The molecule has 1 heterocycles. The summed E-state index contributed by atoms with van der Waals surface area (Å²) in [7, 11) is 0. The highest BCUT2D eigenvalue weighted by atomic mass is 16.6. The third-order valence-electron chi connectivity index (χ3n) is 3.47. The lowest BCUT2D eigenvalue weighted by Crippen LogP contribution is -2.43. The van der Waals surface area contributed by atoms with Gasteiger partial charge in [-0.2, -0.15) is 0 Å². The second-order valence-corrected chi connectivity index (χ2v) is 5.12. The summed E-state index contributed by atoms with van der Waals surface area (Å²) in [4.78, 5) is 10.5. The lowest BCUT2D eigenvalue weighted by molar-refractivity contribution is -0.384. The van der Waals surface area contributed by atoms with Crippen molar-refractivity contribution in [3.05, 3.63) is 27.8 Å². The number of non-ortho nitro benzene ring substituents is 1. The average molecular weight is 280 g/mol. The second kappa shape index (κ2) is 4.89. The van der Waals surface area contributed by atoms with Crippen molar-refractivity contribution in [2.75, 3.05) is 10.6 Å². The number of rotatable bonds is 4. The minimum atomic E-state index is -1.20. The maximum Gasteiger partial charge on any atom is 0.271 e. The van der Waals surface area contributed by atoms with Crippen LogP contribution in [0.5, 0.6) is 0 Å². The zero-order valence-electron chi connectivity index (χ0n) is 10.7. The molecule has 1 aromatic rings. The van der Waals surface area contributed by atoms with E-state index >= 15 is 0 Å². The third-order valence-corrected chi connectivity index (χ3v) is 3.47. The number of aliphatic hydroxyl groups is 2. The van der Waals surface area contributed by atoms with Gasteiger partial charge in [-0.25, -0.2) is 0 Å². The molecule has 2 aliphatic rings. The topological polar surface area (TPSA) is 120 Å². The van der Waals surface area contributed by atoms with Crippen LogP contribution in [0, 0.1) is 10.1 Å². The van der Waals surface area contributed by atoms with Crippen LogP contribution in [0.3, 0.4) is 0 Å². The van der Waals surface area contributed by atoms with Crippen LogP contribution < -0.4 is 16.0 Å². The molecule has 2 unspecified atom stereocenters. The quantitative estimate of drug-likeness (QED) is 0.398. The summed E-state index contributed by atoms with van der Waals surface area (Å²) in [6.07, 6.45) is -0.119. The number of anilines is 2. The van der Waals surface area contributed by atoms with Crippen LogP contribution in [0.15, 0.2) is 12.1 Å². The summed E-state index contributed by atoms with van der Waals surface area (Å²) < 4.78 is 0. The Morgan fingerprint density at radius 1 is 1.30 bits per heavy atom. The molecular weight excluding hydrogens is 264 g/mol. The maximum absolute atomic E-state index is 11.0. The number of benzene rings is 1. The smallest absolute Gasteiger partial charge is 0.271 e. The molecular formula is C12H16N4O4. The Hall–Kier alpha value is -1.90. The van der Waals surface area contributed by atoms with E-state index in [1.54, 1.807) is 0 Å².